The van der Waals surface area contributed by atoms with Crippen molar-refractivity contribution < 1.29 is 27.1 Å². The zero-order valence-corrected chi connectivity index (χ0v) is 26.2. The Hall–Kier alpha value is -3.95. The van der Waals surface area contributed by atoms with E-state index in [1.54, 1.807) is 12.1 Å². The molecule has 2 aliphatic rings. The van der Waals surface area contributed by atoms with Gasteiger partial charge >= 0.3 is 12.1 Å². The molecule has 2 aliphatic heterocycles. The van der Waals surface area contributed by atoms with E-state index in [0.29, 0.717) is 36.7 Å². The summed E-state index contributed by atoms with van der Waals surface area (Å²) >= 11 is 0. The number of piperidine rings is 1. The standard InChI is InChI=1S/C35H41BF3N3O3/c1-4-5-25(7-6-24(2)3)23-36-18-14-27(15-19-36)40-33(43)34-41-31-13-12-30(22-32(31)45-34)44-29-16-20-42(21-17-29)28-10-8-26(9-11-28)35(37,38)39/h4-13,22,27,29H,14-21,23H2,1-3H3,(H,40,43)/b5-4-,25-7+. The van der Waals surface area contributed by atoms with Crippen LogP contribution in [-0.2, 0) is 6.18 Å². The predicted octanol–water partition coefficient (Wildman–Crippen LogP) is 8.75. The number of aromatic nitrogens is 1. The van der Waals surface area contributed by atoms with Crippen LogP contribution in [0.15, 0.2) is 82.3 Å². The van der Waals surface area contributed by atoms with Crippen LogP contribution >= 0.6 is 0 Å². The lowest BCUT2D eigenvalue weighted by molar-refractivity contribution is -0.137. The van der Waals surface area contributed by atoms with E-state index >= 15 is 0 Å². The third kappa shape index (κ3) is 8.83. The Labute approximate surface area is 263 Å². The van der Waals surface area contributed by atoms with Gasteiger partial charge in [0.05, 0.1) is 5.56 Å². The number of hydrogen-bond acceptors (Lipinski definition) is 5. The fourth-order valence-electron chi connectivity index (χ4n) is 6.13. The average Bonchev–Trinajstić information content (AvgIpc) is 3.45. The molecule has 1 aromatic heterocycles. The van der Waals surface area contributed by atoms with Crippen molar-refractivity contribution in [2.45, 2.75) is 83.7 Å². The van der Waals surface area contributed by atoms with Crippen LogP contribution in [0.2, 0.25) is 19.0 Å². The van der Waals surface area contributed by atoms with Crippen LogP contribution in [-0.4, -0.2) is 42.8 Å². The number of anilines is 1. The first-order valence-corrected chi connectivity index (χ1v) is 15.8. The topological polar surface area (TPSA) is 67.6 Å². The Bertz CT molecular complexity index is 1540. The Balaban J connectivity index is 1.10. The molecular weight excluding hydrogens is 578 g/mol. The van der Waals surface area contributed by atoms with Crippen LogP contribution in [0, 0.1) is 0 Å². The van der Waals surface area contributed by atoms with Gasteiger partial charge in [0.1, 0.15) is 24.1 Å². The lowest BCUT2D eigenvalue weighted by Gasteiger charge is -2.33. The van der Waals surface area contributed by atoms with Gasteiger partial charge in [-0.1, -0.05) is 48.1 Å². The first-order chi connectivity index (χ1) is 21.6. The van der Waals surface area contributed by atoms with E-state index in [1.807, 2.05) is 13.0 Å². The highest BCUT2D eigenvalue weighted by Gasteiger charge is 2.31. The van der Waals surface area contributed by atoms with E-state index < -0.39 is 11.7 Å². The van der Waals surface area contributed by atoms with Crippen LogP contribution in [0.1, 0.15) is 62.7 Å². The summed E-state index contributed by atoms with van der Waals surface area (Å²) in [7, 11) is 0. The molecule has 1 N–H and O–H groups in total. The molecule has 5 rings (SSSR count). The first-order valence-electron chi connectivity index (χ1n) is 15.8. The smallest absolute Gasteiger partial charge is 0.416 e. The number of amides is 1. The molecule has 238 valence electrons. The van der Waals surface area contributed by atoms with E-state index in [1.165, 1.54) is 23.3 Å². The molecular formula is C35H41BF3N3O3. The number of nitrogens with one attached hydrogen (secondary N) is 1. The third-order valence-electron chi connectivity index (χ3n) is 8.58. The SMILES string of the molecule is C/C=C\C(=C/C=C(C)C)CB1CCC(NC(=O)c2nc3ccc(OC4CCN(c5ccc(C(F)(F)F)cc5)CC4)cc3o2)CC1. The molecule has 0 aliphatic carbocycles. The highest BCUT2D eigenvalue weighted by Crippen LogP contribution is 2.32. The Morgan fingerprint density at radius 1 is 1.07 bits per heavy atom. The van der Waals surface area contributed by atoms with Gasteiger partial charge in [-0.2, -0.15) is 13.2 Å². The second kappa shape index (κ2) is 14.4. The number of benzene rings is 2. The third-order valence-corrected chi connectivity index (χ3v) is 8.58. The number of rotatable bonds is 9. The van der Waals surface area contributed by atoms with Crippen molar-refractivity contribution in [2.24, 2.45) is 0 Å². The number of oxazole rings is 1. The van der Waals surface area contributed by atoms with Gasteiger partial charge in [-0.3, -0.25) is 4.79 Å². The molecule has 2 aromatic carbocycles. The predicted molar refractivity (Wildman–Crippen MR) is 174 cm³/mol. The Morgan fingerprint density at radius 3 is 2.42 bits per heavy atom. The number of fused-ring (bicyclic) bond motifs is 1. The van der Waals surface area contributed by atoms with E-state index in [2.05, 4.69) is 53.4 Å². The molecule has 0 spiro atoms. The molecule has 3 aromatic rings. The van der Waals surface area contributed by atoms with E-state index in [9.17, 15) is 18.0 Å². The maximum atomic E-state index is 13.0. The fraction of sp³-hybridized carbons (Fsp3) is 0.429. The number of nitrogens with zero attached hydrogens (tertiary/aromatic N) is 2. The molecule has 2 saturated heterocycles. The van der Waals surface area contributed by atoms with E-state index in [0.717, 1.165) is 62.5 Å². The largest absolute Gasteiger partial charge is 0.490 e. The second-order valence-corrected chi connectivity index (χ2v) is 12.4. The minimum absolute atomic E-state index is 0.0363. The molecule has 6 nitrogen and oxygen atoms in total. The first kappa shape index (κ1) is 32.4. The van der Waals surface area contributed by atoms with E-state index in [4.69, 9.17) is 9.15 Å². The number of alkyl halides is 3. The van der Waals surface area contributed by atoms with Crippen molar-refractivity contribution in [3.63, 3.8) is 0 Å². The van der Waals surface area contributed by atoms with E-state index in [-0.39, 0.29) is 23.9 Å². The summed E-state index contributed by atoms with van der Waals surface area (Å²) in [6.07, 6.45) is 10.8. The number of halogens is 3. The van der Waals surface area contributed by atoms with Gasteiger partial charge in [-0.25, -0.2) is 4.98 Å². The van der Waals surface area contributed by atoms with Gasteiger partial charge in [-0.05, 0) is 76.3 Å². The zero-order valence-electron chi connectivity index (χ0n) is 26.2. The van der Waals surface area contributed by atoms with Gasteiger partial charge in [-0.15, -0.1) is 0 Å². The molecule has 0 radical (unpaired) electrons. The molecule has 10 heteroatoms. The summed E-state index contributed by atoms with van der Waals surface area (Å²) in [5, 5.41) is 3.12. The van der Waals surface area contributed by atoms with Crippen molar-refractivity contribution >= 4 is 29.4 Å². The molecule has 3 heterocycles. The van der Waals surface area contributed by atoms with Crippen molar-refractivity contribution in [3.05, 3.63) is 89.4 Å². The number of allylic oxidation sites excluding steroid dienone is 6. The van der Waals surface area contributed by atoms with Gasteiger partial charge in [0.15, 0.2) is 5.58 Å². The van der Waals surface area contributed by atoms with Crippen LogP contribution in [0.25, 0.3) is 11.1 Å². The van der Waals surface area contributed by atoms with Gasteiger partial charge in [0.2, 0.25) is 0 Å². The summed E-state index contributed by atoms with van der Waals surface area (Å²) in [6.45, 7) is 8.21. The molecule has 0 atom stereocenters. The normalized spacial score (nSPS) is 17.2. The maximum Gasteiger partial charge on any atom is 0.416 e. The number of ether oxygens (including phenoxy) is 1. The van der Waals surface area contributed by atoms with Gasteiger partial charge < -0.3 is 19.4 Å². The van der Waals surface area contributed by atoms with Gasteiger partial charge in [0.25, 0.3) is 5.89 Å². The molecule has 0 bridgehead atoms. The summed E-state index contributed by atoms with van der Waals surface area (Å²) in [4.78, 5) is 19.5. The molecule has 0 saturated carbocycles. The van der Waals surface area contributed by atoms with Crippen LogP contribution < -0.4 is 15.0 Å². The number of carbonyl (C=O) groups is 1. The summed E-state index contributed by atoms with van der Waals surface area (Å²) in [5.74, 6) is 0.382. The van der Waals surface area contributed by atoms with Crippen molar-refractivity contribution in [2.75, 3.05) is 18.0 Å². The second-order valence-electron chi connectivity index (χ2n) is 12.4. The highest BCUT2D eigenvalue weighted by molar-refractivity contribution is 6.59. The zero-order chi connectivity index (χ0) is 32.0. The molecule has 0 unspecified atom stereocenters. The molecule has 45 heavy (non-hydrogen) atoms. The highest BCUT2D eigenvalue weighted by atomic mass is 19.4. The van der Waals surface area contributed by atoms with Crippen molar-refractivity contribution in [1.82, 2.24) is 10.3 Å². The summed E-state index contributed by atoms with van der Waals surface area (Å²) in [6, 6.07) is 10.8. The molecule has 1 amide bonds. The Kier molecular flexibility index (Phi) is 10.4. The van der Waals surface area contributed by atoms with Gasteiger partial charge in [0, 0.05) is 43.7 Å². The monoisotopic (exact) mass is 619 g/mol. The van der Waals surface area contributed by atoms with Crippen LogP contribution in [0.4, 0.5) is 18.9 Å². The average molecular weight is 620 g/mol. The number of hydrogen-bond donors (Lipinski definition) is 1. The quantitative estimate of drug-likeness (QED) is 0.192. The lowest BCUT2D eigenvalue weighted by atomic mass is 9.38. The Morgan fingerprint density at radius 2 is 1.78 bits per heavy atom. The summed E-state index contributed by atoms with van der Waals surface area (Å²) in [5.41, 5.74) is 3.83. The fourth-order valence-corrected chi connectivity index (χ4v) is 6.13. The van der Waals surface area contributed by atoms with Crippen molar-refractivity contribution in [1.29, 1.82) is 0 Å². The van der Waals surface area contributed by atoms with Crippen molar-refractivity contribution in [3.8, 4) is 5.75 Å². The number of carbonyl (C=O) groups excluding carboxylic acids is 1. The minimum Gasteiger partial charge on any atom is -0.490 e. The molecule has 2 fully saturated rings. The summed E-state index contributed by atoms with van der Waals surface area (Å²) < 4.78 is 50.7. The van der Waals surface area contributed by atoms with Crippen LogP contribution in [0.5, 0.6) is 5.75 Å². The lowest BCUT2D eigenvalue weighted by Crippen LogP contribution is -2.39. The maximum absolute atomic E-state index is 13.0. The minimum atomic E-state index is -4.34. The van der Waals surface area contributed by atoms with Crippen LogP contribution in [0.3, 0.4) is 0 Å².